The molecule has 0 spiro atoms. The molecule has 1 aromatic heterocycles. The molecule has 0 saturated heterocycles. The van der Waals surface area contributed by atoms with Gasteiger partial charge in [0.15, 0.2) is 0 Å². The van der Waals surface area contributed by atoms with Crippen molar-refractivity contribution in [2.45, 2.75) is 32.2 Å². The maximum Gasteiger partial charge on any atom is 0.331 e. The molecule has 0 radical (unpaired) electrons. The average molecular weight is 255 g/mol. The molecule has 7 heteroatoms. The first kappa shape index (κ1) is 14.0. The molecule has 0 aromatic carbocycles. The number of H-pyrrole nitrogens is 2. The Bertz CT molecular complexity index is 490. The van der Waals surface area contributed by atoms with E-state index in [0.717, 1.165) is 0 Å². The van der Waals surface area contributed by atoms with Crippen LogP contribution in [0.2, 0.25) is 0 Å². The van der Waals surface area contributed by atoms with Gasteiger partial charge in [-0.25, -0.2) is 9.59 Å². The van der Waals surface area contributed by atoms with E-state index < -0.39 is 23.1 Å². The molecule has 0 aliphatic rings. The van der Waals surface area contributed by atoms with Gasteiger partial charge >= 0.3 is 11.7 Å². The summed E-state index contributed by atoms with van der Waals surface area (Å²) in [6.45, 7) is 3.48. The predicted octanol–water partition coefficient (Wildman–Crippen LogP) is 0.165. The van der Waals surface area contributed by atoms with Gasteiger partial charge in [0, 0.05) is 6.20 Å². The second kappa shape index (κ2) is 5.52. The highest BCUT2D eigenvalue weighted by Crippen LogP contribution is 2.14. The van der Waals surface area contributed by atoms with E-state index in [1.807, 2.05) is 6.92 Å². The molecule has 3 N–H and O–H groups in total. The number of rotatable bonds is 5. The molecular formula is C11H17N3O4. The number of hydrogen-bond donors (Lipinski definition) is 3. The van der Waals surface area contributed by atoms with Gasteiger partial charge in [-0.05, 0) is 13.3 Å². The van der Waals surface area contributed by atoms with Crippen LogP contribution in [0, 0.1) is 0 Å². The topological polar surface area (TPSA) is 104 Å². The summed E-state index contributed by atoms with van der Waals surface area (Å²) >= 11 is 0. The summed E-state index contributed by atoms with van der Waals surface area (Å²) in [5.74, 6) is -1.05. The van der Waals surface area contributed by atoms with E-state index in [1.54, 1.807) is 6.92 Å². The van der Waals surface area contributed by atoms with Crippen LogP contribution in [-0.4, -0.2) is 34.5 Å². The van der Waals surface area contributed by atoms with E-state index in [0.29, 0.717) is 12.8 Å². The van der Waals surface area contributed by atoms with Crippen LogP contribution in [0.4, 0.5) is 0 Å². The van der Waals surface area contributed by atoms with Gasteiger partial charge in [-0.15, -0.1) is 0 Å². The van der Waals surface area contributed by atoms with Crippen LogP contribution in [0.3, 0.4) is 0 Å². The van der Waals surface area contributed by atoms with Crippen LogP contribution in [0.25, 0.3) is 0 Å². The number of methoxy groups -OCH3 is 1. The minimum Gasteiger partial charge on any atom is -0.467 e. The Balaban J connectivity index is 2.87. The molecule has 7 nitrogen and oxygen atoms in total. The number of ether oxygens (including phenoxy) is 1. The molecule has 1 heterocycles. The third-order valence-electron chi connectivity index (χ3n) is 2.62. The SMILES string of the molecule is CCCC(C)(NC(=O)c1c[nH]c(=O)[nH]1)C(=O)OC. The lowest BCUT2D eigenvalue weighted by Gasteiger charge is -2.27. The van der Waals surface area contributed by atoms with Crippen LogP contribution in [0.1, 0.15) is 37.2 Å². The van der Waals surface area contributed by atoms with Crippen molar-refractivity contribution in [3.63, 3.8) is 0 Å². The summed E-state index contributed by atoms with van der Waals surface area (Å²) < 4.78 is 4.68. The van der Waals surface area contributed by atoms with Crippen molar-refractivity contribution in [3.8, 4) is 0 Å². The van der Waals surface area contributed by atoms with Crippen molar-refractivity contribution in [2.75, 3.05) is 7.11 Å². The number of carbonyl (C=O) groups is 2. The van der Waals surface area contributed by atoms with Crippen LogP contribution in [0.5, 0.6) is 0 Å². The maximum absolute atomic E-state index is 11.9. The average Bonchev–Trinajstić information content (AvgIpc) is 2.75. The normalized spacial score (nSPS) is 13.7. The smallest absolute Gasteiger partial charge is 0.331 e. The molecule has 1 rings (SSSR count). The monoisotopic (exact) mass is 255 g/mol. The fourth-order valence-corrected chi connectivity index (χ4v) is 1.71. The van der Waals surface area contributed by atoms with Crippen molar-refractivity contribution < 1.29 is 14.3 Å². The van der Waals surface area contributed by atoms with E-state index in [1.165, 1.54) is 13.3 Å². The molecule has 0 aliphatic carbocycles. The van der Waals surface area contributed by atoms with Gasteiger partial charge in [-0.2, -0.15) is 0 Å². The zero-order valence-corrected chi connectivity index (χ0v) is 10.6. The number of hydrogen-bond acceptors (Lipinski definition) is 4. The molecular weight excluding hydrogens is 238 g/mol. The molecule has 0 saturated carbocycles. The van der Waals surface area contributed by atoms with Crippen molar-refractivity contribution in [1.82, 2.24) is 15.3 Å². The first-order chi connectivity index (χ1) is 8.42. The van der Waals surface area contributed by atoms with E-state index in [9.17, 15) is 14.4 Å². The third-order valence-corrected chi connectivity index (χ3v) is 2.62. The summed E-state index contributed by atoms with van der Waals surface area (Å²) in [5, 5.41) is 2.57. The lowest BCUT2D eigenvalue weighted by molar-refractivity contribution is -0.147. The summed E-state index contributed by atoms with van der Waals surface area (Å²) in [6, 6.07) is 0. The third kappa shape index (κ3) is 2.99. The molecule has 1 aromatic rings. The number of aromatic amines is 2. The number of aromatic nitrogens is 2. The Morgan fingerprint density at radius 1 is 1.50 bits per heavy atom. The van der Waals surface area contributed by atoms with Gasteiger partial charge in [0.25, 0.3) is 5.91 Å². The summed E-state index contributed by atoms with van der Waals surface area (Å²) in [4.78, 5) is 39.1. The molecule has 1 amide bonds. The van der Waals surface area contributed by atoms with E-state index in [4.69, 9.17) is 0 Å². The Hall–Kier alpha value is -2.05. The second-order valence-electron chi connectivity index (χ2n) is 4.18. The van der Waals surface area contributed by atoms with Gasteiger partial charge in [-0.3, -0.25) is 4.79 Å². The standard InChI is InChI=1S/C11H17N3O4/c1-4-5-11(2,9(16)18-3)14-8(15)7-6-12-10(17)13-7/h6H,4-5H2,1-3H3,(H,14,15)(H2,12,13,17). The minimum absolute atomic E-state index is 0.0752. The fraction of sp³-hybridized carbons (Fsp3) is 0.545. The first-order valence-electron chi connectivity index (χ1n) is 5.61. The van der Waals surface area contributed by atoms with Crippen molar-refractivity contribution in [3.05, 3.63) is 22.4 Å². The summed E-state index contributed by atoms with van der Waals surface area (Å²) in [5.41, 5.74) is -1.50. The molecule has 1 unspecified atom stereocenters. The van der Waals surface area contributed by atoms with Crippen LogP contribution in [-0.2, 0) is 9.53 Å². The zero-order valence-electron chi connectivity index (χ0n) is 10.6. The lowest BCUT2D eigenvalue weighted by atomic mass is 9.96. The maximum atomic E-state index is 11.9. The minimum atomic E-state index is -1.10. The number of nitrogens with one attached hydrogen (secondary N) is 3. The molecule has 0 bridgehead atoms. The Labute approximate surface area is 104 Å². The molecule has 18 heavy (non-hydrogen) atoms. The Morgan fingerprint density at radius 3 is 2.61 bits per heavy atom. The van der Waals surface area contributed by atoms with Crippen molar-refractivity contribution in [1.29, 1.82) is 0 Å². The van der Waals surface area contributed by atoms with Crippen LogP contribution < -0.4 is 11.0 Å². The second-order valence-corrected chi connectivity index (χ2v) is 4.18. The molecule has 0 fully saturated rings. The van der Waals surface area contributed by atoms with Gasteiger partial charge in [0.1, 0.15) is 11.2 Å². The highest BCUT2D eigenvalue weighted by atomic mass is 16.5. The fourth-order valence-electron chi connectivity index (χ4n) is 1.71. The van der Waals surface area contributed by atoms with Crippen LogP contribution in [0.15, 0.2) is 11.0 Å². The van der Waals surface area contributed by atoms with Gasteiger partial charge < -0.3 is 20.0 Å². The van der Waals surface area contributed by atoms with Gasteiger partial charge in [-0.1, -0.05) is 13.3 Å². The van der Waals surface area contributed by atoms with E-state index in [-0.39, 0.29) is 5.69 Å². The zero-order chi connectivity index (χ0) is 13.8. The summed E-state index contributed by atoms with van der Waals surface area (Å²) in [6.07, 6.45) is 2.40. The Morgan fingerprint density at radius 2 is 2.17 bits per heavy atom. The highest BCUT2D eigenvalue weighted by Gasteiger charge is 2.35. The quantitative estimate of drug-likeness (QED) is 0.652. The predicted molar refractivity (Wildman–Crippen MR) is 64.2 cm³/mol. The van der Waals surface area contributed by atoms with Crippen molar-refractivity contribution >= 4 is 11.9 Å². The lowest BCUT2D eigenvalue weighted by Crippen LogP contribution is -2.52. The highest BCUT2D eigenvalue weighted by molar-refractivity contribution is 5.96. The van der Waals surface area contributed by atoms with Crippen LogP contribution >= 0.6 is 0 Å². The molecule has 0 aliphatic heterocycles. The van der Waals surface area contributed by atoms with E-state index >= 15 is 0 Å². The number of carbonyl (C=O) groups excluding carboxylic acids is 2. The largest absolute Gasteiger partial charge is 0.467 e. The van der Waals surface area contributed by atoms with Crippen molar-refractivity contribution in [2.24, 2.45) is 0 Å². The number of esters is 1. The molecule has 100 valence electrons. The van der Waals surface area contributed by atoms with E-state index in [2.05, 4.69) is 20.0 Å². The van der Waals surface area contributed by atoms with Gasteiger partial charge in [0.2, 0.25) is 0 Å². The summed E-state index contributed by atoms with van der Waals surface area (Å²) in [7, 11) is 1.26. The molecule has 1 atom stereocenters. The number of amides is 1. The van der Waals surface area contributed by atoms with Gasteiger partial charge in [0.05, 0.1) is 7.11 Å². The Kier molecular flexibility index (Phi) is 4.30. The first-order valence-corrected chi connectivity index (χ1v) is 5.61. The number of imidazole rings is 1.